The number of Topliss-reactive ketones (excluding diaryl/α,β-unsaturated/α-hetero) is 1. The molecule has 1 fully saturated rings. The second-order valence-corrected chi connectivity index (χ2v) is 10.8. The zero-order chi connectivity index (χ0) is 28.0. The van der Waals surface area contributed by atoms with Gasteiger partial charge in [-0.05, 0) is 67.5 Å². The number of benzene rings is 2. The molecule has 1 spiro atoms. The van der Waals surface area contributed by atoms with Crippen molar-refractivity contribution < 1.29 is 44.3 Å². The zero-order valence-corrected chi connectivity index (χ0v) is 21.2. The number of carbonyl (C=O) groups is 3. The molecule has 1 unspecified atom stereocenters. The lowest BCUT2D eigenvalue weighted by Gasteiger charge is -2.41. The number of rotatable bonds is 4. The van der Waals surface area contributed by atoms with Gasteiger partial charge in [0.1, 0.15) is 22.8 Å². The number of aliphatic hydroxyl groups is 3. The minimum absolute atomic E-state index is 0.00354. The number of aromatic hydroxyl groups is 1. The molecule has 10 nitrogen and oxygen atoms in total. The number of ketones is 1. The molecule has 1 heterocycles. The van der Waals surface area contributed by atoms with Crippen molar-refractivity contribution in [2.45, 2.75) is 50.6 Å². The number of aliphatic hydroxyl groups excluding tert-OH is 2. The summed E-state index contributed by atoms with van der Waals surface area (Å²) in [6.07, 6.45) is 0.124. The van der Waals surface area contributed by atoms with Crippen LogP contribution in [-0.2, 0) is 20.7 Å². The second-order valence-electron chi connectivity index (χ2n) is 10.8. The number of nitrogens with two attached hydrogens (primary N) is 1. The number of phenols is 1. The first-order chi connectivity index (χ1) is 18.4. The maximum absolute atomic E-state index is 13.8. The van der Waals surface area contributed by atoms with Gasteiger partial charge in [-0.2, -0.15) is 0 Å². The van der Waals surface area contributed by atoms with Crippen LogP contribution in [0.3, 0.4) is 0 Å². The highest BCUT2D eigenvalue weighted by atomic mass is 16.8. The minimum Gasteiger partial charge on any atom is -0.512 e. The summed E-state index contributed by atoms with van der Waals surface area (Å²) in [5.41, 5.74) is 5.21. The lowest BCUT2D eigenvalue weighted by molar-refractivity contribution is -0.117. The molecule has 6 rings (SSSR count). The molecule has 2 aromatic carbocycles. The third-order valence-corrected chi connectivity index (χ3v) is 8.21. The van der Waals surface area contributed by atoms with E-state index in [4.69, 9.17) is 15.2 Å². The van der Waals surface area contributed by atoms with Crippen molar-refractivity contribution in [3.05, 3.63) is 75.8 Å². The monoisotopic (exact) mass is 533 g/mol. The van der Waals surface area contributed by atoms with Crippen LogP contribution in [0.1, 0.15) is 53.0 Å². The largest absolute Gasteiger partial charge is 0.512 e. The van der Waals surface area contributed by atoms with Crippen molar-refractivity contribution in [2.24, 2.45) is 17.6 Å². The lowest BCUT2D eigenvalue weighted by atomic mass is 9.61. The van der Waals surface area contributed by atoms with E-state index in [-0.39, 0.29) is 42.3 Å². The fourth-order valence-electron chi connectivity index (χ4n) is 6.62. The zero-order valence-electron chi connectivity index (χ0n) is 21.2. The van der Waals surface area contributed by atoms with Crippen LogP contribution in [0.2, 0.25) is 0 Å². The summed E-state index contributed by atoms with van der Waals surface area (Å²) in [5, 5.41) is 43.7. The first-order valence-corrected chi connectivity index (χ1v) is 12.7. The third-order valence-electron chi connectivity index (χ3n) is 8.21. The number of esters is 1. The van der Waals surface area contributed by atoms with Crippen molar-refractivity contribution in [3.8, 4) is 16.9 Å². The van der Waals surface area contributed by atoms with Crippen LogP contribution in [0, 0.1) is 11.8 Å². The van der Waals surface area contributed by atoms with Crippen molar-refractivity contribution in [1.29, 1.82) is 0 Å². The number of primary amides is 1. The van der Waals surface area contributed by atoms with Crippen LogP contribution in [0.15, 0.2) is 59.1 Å². The van der Waals surface area contributed by atoms with Gasteiger partial charge >= 0.3 is 5.97 Å². The highest BCUT2D eigenvalue weighted by molar-refractivity contribution is 6.14. The normalized spacial score (nSPS) is 28.9. The van der Waals surface area contributed by atoms with Gasteiger partial charge < -0.3 is 35.6 Å². The van der Waals surface area contributed by atoms with Gasteiger partial charge in [0, 0.05) is 17.9 Å². The molecule has 6 N–H and O–H groups in total. The van der Waals surface area contributed by atoms with Crippen LogP contribution >= 0.6 is 0 Å². The van der Waals surface area contributed by atoms with Gasteiger partial charge in [0.25, 0.3) is 5.91 Å². The molecular weight excluding hydrogens is 506 g/mol. The van der Waals surface area contributed by atoms with Crippen molar-refractivity contribution in [1.82, 2.24) is 0 Å². The number of hydrogen-bond donors (Lipinski definition) is 5. The molecule has 10 heteroatoms. The van der Waals surface area contributed by atoms with Crippen molar-refractivity contribution in [3.63, 3.8) is 0 Å². The summed E-state index contributed by atoms with van der Waals surface area (Å²) in [4.78, 5) is 38.3. The smallest absolute Gasteiger partial charge is 0.338 e. The molecule has 3 aliphatic carbocycles. The molecule has 0 saturated carbocycles. The molecule has 1 aliphatic heterocycles. The molecule has 202 valence electrons. The van der Waals surface area contributed by atoms with Gasteiger partial charge in [-0.1, -0.05) is 18.2 Å². The van der Waals surface area contributed by atoms with E-state index < -0.39 is 58.0 Å². The Morgan fingerprint density at radius 3 is 2.56 bits per heavy atom. The highest BCUT2D eigenvalue weighted by Gasteiger charge is 2.82. The Balaban J connectivity index is 1.45. The van der Waals surface area contributed by atoms with Gasteiger partial charge in [-0.3, -0.25) is 9.59 Å². The van der Waals surface area contributed by atoms with Crippen LogP contribution in [0.5, 0.6) is 5.75 Å². The fourth-order valence-corrected chi connectivity index (χ4v) is 6.62. The minimum atomic E-state index is -2.34. The average Bonchev–Trinajstić information content (AvgIpc) is 3.49. The molecule has 1 amide bonds. The second kappa shape index (κ2) is 8.17. The van der Waals surface area contributed by atoms with Crippen LogP contribution < -0.4 is 5.73 Å². The number of fused-ring (bicyclic) bond motifs is 2. The van der Waals surface area contributed by atoms with E-state index in [0.29, 0.717) is 22.3 Å². The molecule has 1 saturated heterocycles. The molecule has 4 aliphatic rings. The summed E-state index contributed by atoms with van der Waals surface area (Å²) in [7, 11) is 0. The molecule has 4 atom stereocenters. The molecule has 2 aromatic rings. The molecule has 0 radical (unpaired) electrons. The van der Waals surface area contributed by atoms with E-state index in [0.717, 1.165) is 0 Å². The summed E-state index contributed by atoms with van der Waals surface area (Å²) in [6.45, 7) is 3.51. The van der Waals surface area contributed by atoms with E-state index in [1.165, 1.54) is 6.07 Å². The van der Waals surface area contributed by atoms with Crippen LogP contribution in [0.25, 0.3) is 11.1 Å². The van der Waals surface area contributed by atoms with E-state index in [2.05, 4.69) is 0 Å². The molecule has 0 aromatic heterocycles. The Hall–Kier alpha value is -4.15. The van der Waals surface area contributed by atoms with Crippen molar-refractivity contribution in [2.75, 3.05) is 0 Å². The summed E-state index contributed by atoms with van der Waals surface area (Å²) in [5.74, 6) is -6.91. The van der Waals surface area contributed by atoms with Gasteiger partial charge in [0.05, 0.1) is 17.2 Å². The van der Waals surface area contributed by atoms with Gasteiger partial charge in [0.2, 0.25) is 5.79 Å². The Bertz CT molecular complexity index is 1550. The predicted molar refractivity (Wildman–Crippen MR) is 136 cm³/mol. The number of allylic oxidation sites excluding steroid dienone is 2. The first kappa shape index (κ1) is 25.1. The standard InChI is InChI=1S/C29H27NO9/c1-12(2)38-27(36)14-5-3-4-13(8-14)17-6-7-19(31)22-18(17)10-15-9-16-11-20(32)23(26(30)35)29(37)28(16,39-29)25(34)21(15)24(22)33/h3-8,12,15-16,31-32,34,37H,9-11H2,1-2H3,(H2,30,35)/t15-,16+,28+,29?/m1/s1. The Morgan fingerprint density at radius 1 is 1.13 bits per heavy atom. The number of hydrogen-bond acceptors (Lipinski definition) is 9. The quantitative estimate of drug-likeness (QED) is 0.292. The SMILES string of the molecule is CC(C)OC(=O)c1cccc(-c2ccc(O)c3c2C[C@H]2C[C@H]4CC(O)=C(C(N)=O)C5(O)O[C@]45C(O)=C2C3=O)c1. The summed E-state index contributed by atoms with van der Waals surface area (Å²) in [6, 6.07) is 9.83. The van der Waals surface area contributed by atoms with Crippen LogP contribution in [-0.4, -0.2) is 55.6 Å². The highest BCUT2D eigenvalue weighted by Crippen LogP contribution is 2.68. The van der Waals surface area contributed by atoms with E-state index in [9.17, 15) is 34.8 Å². The Labute approximate surface area is 223 Å². The maximum atomic E-state index is 13.8. The Kier molecular flexibility index (Phi) is 5.27. The van der Waals surface area contributed by atoms with Gasteiger partial charge in [0.15, 0.2) is 11.4 Å². The fraction of sp³-hybridized carbons (Fsp3) is 0.345. The van der Waals surface area contributed by atoms with Gasteiger partial charge in [-0.25, -0.2) is 4.79 Å². The van der Waals surface area contributed by atoms with E-state index in [1.54, 1.807) is 44.2 Å². The third kappa shape index (κ3) is 3.31. The Morgan fingerprint density at radius 2 is 1.87 bits per heavy atom. The molecule has 39 heavy (non-hydrogen) atoms. The predicted octanol–water partition coefficient (Wildman–Crippen LogP) is 2.97. The van der Waals surface area contributed by atoms with Crippen molar-refractivity contribution >= 4 is 17.7 Å². The lowest BCUT2D eigenvalue weighted by Crippen LogP contribution is -2.49. The van der Waals surface area contributed by atoms with E-state index in [1.807, 2.05) is 0 Å². The number of phenolic OH excluding ortho intramolecular Hbond substituents is 1. The first-order valence-electron chi connectivity index (χ1n) is 12.7. The van der Waals surface area contributed by atoms with E-state index >= 15 is 0 Å². The van der Waals surface area contributed by atoms with Gasteiger partial charge in [-0.15, -0.1) is 0 Å². The molecular formula is C29H27NO9. The number of epoxide rings is 1. The number of amides is 1. The number of ether oxygens (including phenoxy) is 2. The average molecular weight is 534 g/mol. The summed E-state index contributed by atoms with van der Waals surface area (Å²) < 4.78 is 10.9. The molecule has 0 bridgehead atoms. The number of carbonyl (C=O) groups excluding carboxylic acids is 3. The summed E-state index contributed by atoms with van der Waals surface area (Å²) >= 11 is 0. The topological polar surface area (TPSA) is 180 Å². The van der Waals surface area contributed by atoms with Crippen LogP contribution in [0.4, 0.5) is 0 Å². The maximum Gasteiger partial charge on any atom is 0.338 e.